The summed E-state index contributed by atoms with van der Waals surface area (Å²) < 4.78 is 0. The van der Waals surface area contributed by atoms with Crippen LogP contribution in [0.3, 0.4) is 0 Å². The Balaban J connectivity index is 2.04. The lowest BCUT2D eigenvalue weighted by Gasteiger charge is -2.09. The van der Waals surface area contributed by atoms with Gasteiger partial charge in [0.1, 0.15) is 0 Å². The maximum atomic E-state index is 11.5. The topological polar surface area (TPSA) is 55.1 Å². The molecule has 0 aliphatic heterocycles. The first-order chi connectivity index (χ1) is 7.17. The maximum absolute atomic E-state index is 11.5. The fourth-order valence-corrected chi connectivity index (χ4v) is 1.96. The zero-order valence-electron chi connectivity index (χ0n) is 9.96. The number of carbonyl (C=O) groups excluding carboxylic acids is 1. The Morgan fingerprint density at radius 3 is 2.80 bits per heavy atom. The van der Waals surface area contributed by atoms with Crippen molar-refractivity contribution < 1.29 is 4.79 Å². The minimum atomic E-state index is 0.222. The third-order valence-corrected chi connectivity index (χ3v) is 3.32. The van der Waals surface area contributed by atoms with Crippen LogP contribution in [-0.4, -0.2) is 18.5 Å². The molecular weight excluding hydrogens is 188 g/mol. The molecule has 1 aliphatic rings. The van der Waals surface area contributed by atoms with Crippen LogP contribution in [0.4, 0.5) is 0 Å². The lowest BCUT2D eigenvalue weighted by Crippen LogP contribution is -2.27. The average molecular weight is 212 g/mol. The van der Waals surface area contributed by atoms with Crippen LogP contribution in [0.15, 0.2) is 0 Å². The van der Waals surface area contributed by atoms with E-state index in [9.17, 15) is 4.79 Å². The molecule has 3 heteroatoms. The van der Waals surface area contributed by atoms with E-state index >= 15 is 0 Å². The van der Waals surface area contributed by atoms with Crippen molar-refractivity contribution in [2.75, 3.05) is 6.54 Å². The summed E-state index contributed by atoms with van der Waals surface area (Å²) in [5.74, 6) is 1.54. The molecule has 3 nitrogen and oxygen atoms in total. The van der Waals surface area contributed by atoms with E-state index in [-0.39, 0.29) is 5.91 Å². The molecule has 0 heterocycles. The minimum absolute atomic E-state index is 0.222. The Bertz CT molecular complexity index is 206. The first-order valence-corrected chi connectivity index (χ1v) is 6.16. The maximum Gasteiger partial charge on any atom is 0.220 e. The van der Waals surface area contributed by atoms with Crippen LogP contribution in [0.2, 0.25) is 0 Å². The number of amides is 1. The summed E-state index contributed by atoms with van der Waals surface area (Å²) in [7, 11) is 0. The minimum Gasteiger partial charge on any atom is -0.353 e. The van der Waals surface area contributed by atoms with Gasteiger partial charge in [-0.1, -0.05) is 20.3 Å². The summed E-state index contributed by atoms with van der Waals surface area (Å²) in [6, 6.07) is 0.479. The number of hydrogen-bond donors (Lipinski definition) is 2. The van der Waals surface area contributed by atoms with Crippen LogP contribution in [0, 0.1) is 11.8 Å². The van der Waals surface area contributed by atoms with E-state index < -0.39 is 0 Å². The van der Waals surface area contributed by atoms with Crippen LogP contribution < -0.4 is 11.1 Å². The number of carbonyl (C=O) groups is 1. The van der Waals surface area contributed by atoms with Crippen molar-refractivity contribution in [3.8, 4) is 0 Å². The number of hydrogen-bond acceptors (Lipinski definition) is 2. The summed E-state index contributed by atoms with van der Waals surface area (Å²) in [4.78, 5) is 11.5. The molecule has 0 bridgehead atoms. The lowest BCUT2D eigenvalue weighted by atomic mass is 10.0. The third kappa shape index (κ3) is 4.65. The van der Waals surface area contributed by atoms with Gasteiger partial charge in [-0.2, -0.15) is 0 Å². The van der Waals surface area contributed by atoms with Gasteiger partial charge >= 0.3 is 0 Å². The third-order valence-electron chi connectivity index (χ3n) is 3.32. The largest absolute Gasteiger partial charge is 0.353 e. The molecule has 0 aromatic rings. The Hall–Kier alpha value is -0.570. The van der Waals surface area contributed by atoms with Gasteiger partial charge in [0.25, 0.3) is 0 Å². The molecular formula is C12H24N2O. The normalized spacial score (nSPS) is 26.1. The molecule has 15 heavy (non-hydrogen) atoms. The van der Waals surface area contributed by atoms with Gasteiger partial charge < -0.3 is 11.1 Å². The van der Waals surface area contributed by atoms with Crippen molar-refractivity contribution in [1.82, 2.24) is 5.32 Å². The summed E-state index contributed by atoms with van der Waals surface area (Å²) in [6.45, 7) is 5.07. The fourth-order valence-electron chi connectivity index (χ4n) is 1.96. The van der Waals surface area contributed by atoms with E-state index in [4.69, 9.17) is 5.73 Å². The molecule has 1 amide bonds. The predicted molar refractivity (Wildman–Crippen MR) is 62.4 cm³/mol. The highest BCUT2D eigenvalue weighted by molar-refractivity contribution is 5.76. The summed E-state index contributed by atoms with van der Waals surface area (Å²) in [5, 5.41) is 3.08. The van der Waals surface area contributed by atoms with E-state index in [1.165, 1.54) is 12.8 Å². The van der Waals surface area contributed by atoms with Crippen molar-refractivity contribution in [3.05, 3.63) is 0 Å². The lowest BCUT2D eigenvalue weighted by molar-refractivity contribution is -0.121. The molecule has 1 rings (SSSR count). The second-order valence-corrected chi connectivity index (χ2v) is 4.80. The molecule has 0 saturated heterocycles. The first-order valence-electron chi connectivity index (χ1n) is 6.16. The molecule has 3 atom stereocenters. The predicted octanol–water partition coefficient (Wildman–Crippen LogP) is 1.67. The van der Waals surface area contributed by atoms with Crippen molar-refractivity contribution in [2.24, 2.45) is 17.6 Å². The number of nitrogens with two attached hydrogens (primary N) is 1. The fraction of sp³-hybridized carbons (Fsp3) is 0.917. The van der Waals surface area contributed by atoms with Gasteiger partial charge in [-0.25, -0.2) is 0 Å². The smallest absolute Gasteiger partial charge is 0.220 e. The molecule has 1 saturated carbocycles. The van der Waals surface area contributed by atoms with E-state index in [1.807, 2.05) is 0 Å². The summed E-state index contributed by atoms with van der Waals surface area (Å²) in [6.07, 6.45) is 5.02. The van der Waals surface area contributed by atoms with E-state index in [0.717, 1.165) is 25.3 Å². The Kier molecular flexibility index (Phi) is 5.09. The second-order valence-electron chi connectivity index (χ2n) is 4.80. The monoisotopic (exact) mass is 212 g/mol. The molecule has 1 fully saturated rings. The van der Waals surface area contributed by atoms with Gasteiger partial charge in [0.05, 0.1) is 0 Å². The van der Waals surface area contributed by atoms with Crippen LogP contribution >= 0.6 is 0 Å². The zero-order valence-corrected chi connectivity index (χ0v) is 9.96. The first kappa shape index (κ1) is 12.5. The van der Waals surface area contributed by atoms with E-state index in [0.29, 0.717) is 18.4 Å². The van der Waals surface area contributed by atoms with Gasteiger partial charge in [-0.05, 0) is 37.6 Å². The molecule has 1 aliphatic carbocycles. The van der Waals surface area contributed by atoms with Crippen LogP contribution in [0.25, 0.3) is 0 Å². The Labute approximate surface area is 92.8 Å². The molecule has 0 aromatic heterocycles. The average Bonchev–Trinajstić information content (AvgIpc) is 2.94. The van der Waals surface area contributed by atoms with Gasteiger partial charge in [-0.15, -0.1) is 0 Å². The SMILES string of the molecule is CCC1CC1NC(=O)CCC(C)CCN. The molecule has 3 unspecified atom stereocenters. The highest BCUT2D eigenvalue weighted by Crippen LogP contribution is 2.33. The zero-order chi connectivity index (χ0) is 11.3. The number of rotatable bonds is 7. The van der Waals surface area contributed by atoms with Crippen molar-refractivity contribution >= 4 is 5.91 Å². The van der Waals surface area contributed by atoms with Gasteiger partial charge in [0.2, 0.25) is 5.91 Å². The van der Waals surface area contributed by atoms with Crippen LogP contribution in [0.5, 0.6) is 0 Å². The van der Waals surface area contributed by atoms with Crippen LogP contribution in [-0.2, 0) is 4.79 Å². The van der Waals surface area contributed by atoms with E-state index in [2.05, 4.69) is 19.2 Å². The molecule has 88 valence electrons. The molecule has 0 radical (unpaired) electrons. The van der Waals surface area contributed by atoms with Gasteiger partial charge in [0, 0.05) is 12.5 Å². The van der Waals surface area contributed by atoms with Gasteiger partial charge in [-0.3, -0.25) is 4.79 Å². The van der Waals surface area contributed by atoms with Crippen molar-refractivity contribution in [3.63, 3.8) is 0 Å². The van der Waals surface area contributed by atoms with Crippen LogP contribution in [0.1, 0.15) is 46.0 Å². The standard InChI is InChI=1S/C12H24N2O/c1-3-10-8-11(10)14-12(15)5-4-9(2)6-7-13/h9-11H,3-8,13H2,1-2H3,(H,14,15). The highest BCUT2D eigenvalue weighted by atomic mass is 16.1. The molecule has 0 aromatic carbocycles. The van der Waals surface area contributed by atoms with Crippen molar-refractivity contribution in [1.29, 1.82) is 0 Å². The van der Waals surface area contributed by atoms with Crippen molar-refractivity contribution in [2.45, 2.75) is 52.0 Å². The Morgan fingerprint density at radius 2 is 2.27 bits per heavy atom. The van der Waals surface area contributed by atoms with E-state index in [1.54, 1.807) is 0 Å². The molecule has 3 N–H and O–H groups in total. The number of nitrogens with one attached hydrogen (secondary N) is 1. The Morgan fingerprint density at radius 1 is 1.53 bits per heavy atom. The van der Waals surface area contributed by atoms with Gasteiger partial charge in [0.15, 0.2) is 0 Å². The quantitative estimate of drug-likeness (QED) is 0.674. The second kappa shape index (κ2) is 6.11. The summed E-state index contributed by atoms with van der Waals surface area (Å²) in [5.41, 5.74) is 5.46. The summed E-state index contributed by atoms with van der Waals surface area (Å²) >= 11 is 0. The molecule has 0 spiro atoms. The highest BCUT2D eigenvalue weighted by Gasteiger charge is 2.36.